The summed E-state index contributed by atoms with van der Waals surface area (Å²) in [6, 6.07) is 0. The van der Waals surface area contributed by atoms with Gasteiger partial charge in [-0.2, -0.15) is 0 Å². The fourth-order valence-electron chi connectivity index (χ4n) is 0.474. The summed E-state index contributed by atoms with van der Waals surface area (Å²) in [7, 11) is 0. The maximum atomic E-state index is 11.7. The van der Waals surface area contributed by atoms with E-state index in [1.165, 1.54) is 0 Å². The first-order valence-electron chi connectivity index (χ1n) is 2.28. The summed E-state index contributed by atoms with van der Waals surface area (Å²) in [5.41, 5.74) is 0. The molecule has 0 atom stereocenters. The van der Waals surface area contributed by atoms with Crippen LogP contribution in [0.2, 0.25) is 5.28 Å². The molecule has 0 radical (unpaired) electrons. The largest absolute Gasteiger partial charge is 0.490 e. The van der Waals surface area contributed by atoms with Gasteiger partial charge in [-0.1, -0.05) is 0 Å². The van der Waals surface area contributed by atoms with Gasteiger partial charge in [0.15, 0.2) is 0 Å². The van der Waals surface area contributed by atoms with E-state index in [1.54, 1.807) is 0 Å². The third-order valence-electron chi connectivity index (χ3n) is 0.869. The maximum Gasteiger partial charge on any atom is 0.490 e. The van der Waals surface area contributed by atoms with E-state index in [4.69, 9.17) is 11.6 Å². The monoisotopic (exact) mass is 170 g/mol. The van der Waals surface area contributed by atoms with Crippen LogP contribution in [0.15, 0.2) is 12.4 Å². The second-order valence-corrected chi connectivity index (χ2v) is 1.87. The Bertz CT molecular complexity index is 229. The summed E-state index contributed by atoms with van der Waals surface area (Å²) < 4.78 is 35.1. The molecule has 0 aliphatic rings. The molecule has 0 unspecified atom stereocenters. The lowest BCUT2D eigenvalue weighted by atomic mass is 10.9. The molecule has 1 rings (SSSR count). The lowest BCUT2D eigenvalue weighted by molar-refractivity contribution is -0.203. The molecule has 56 valence electrons. The van der Waals surface area contributed by atoms with Crippen LogP contribution in [0.5, 0.6) is 0 Å². The standard InChI is InChI=1S/C4H2ClF3N2/c5-3-9-1-2-10(3)4(6,7)8/h1-2H. The van der Waals surface area contributed by atoms with Gasteiger partial charge in [-0.25, -0.2) is 9.55 Å². The molecule has 1 aromatic rings. The van der Waals surface area contributed by atoms with E-state index >= 15 is 0 Å². The van der Waals surface area contributed by atoms with Crippen LogP contribution in [0.3, 0.4) is 0 Å². The van der Waals surface area contributed by atoms with Crippen LogP contribution in [0.1, 0.15) is 0 Å². The van der Waals surface area contributed by atoms with Crippen molar-refractivity contribution in [3.05, 3.63) is 17.7 Å². The molecule has 0 amide bonds. The van der Waals surface area contributed by atoms with Gasteiger partial charge in [0.05, 0.1) is 0 Å². The SMILES string of the molecule is FC(F)(F)n1ccnc1Cl. The maximum absolute atomic E-state index is 11.7. The summed E-state index contributed by atoms with van der Waals surface area (Å²) in [5, 5.41) is -0.576. The molecule has 0 aliphatic heterocycles. The Hall–Kier alpha value is -0.710. The van der Waals surface area contributed by atoms with Crippen LogP contribution in [-0.4, -0.2) is 9.55 Å². The molecule has 0 N–H and O–H groups in total. The van der Waals surface area contributed by atoms with E-state index in [-0.39, 0.29) is 4.57 Å². The van der Waals surface area contributed by atoms with Gasteiger partial charge in [0, 0.05) is 12.4 Å². The first-order valence-corrected chi connectivity index (χ1v) is 2.65. The Morgan fingerprint density at radius 2 is 2.10 bits per heavy atom. The van der Waals surface area contributed by atoms with Gasteiger partial charge in [-0.05, 0) is 11.6 Å². The van der Waals surface area contributed by atoms with Crippen molar-refractivity contribution >= 4 is 11.6 Å². The topological polar surface area (TPSA) is 17.8 Å². The zero-order valence-electron chi connectivity index (χ0n) is 4.56. The van der Waals surface area contributed by atoms with Crippen molar-refractivity contribution in [1.29, 1.82) is 0 Å². The molecule has 0 saturated carbocycles. The molecule has 2 nitrogen and oxygen atoms in total. The fourth-order valence-corrected chi connectivity index (χ4v) is 0.683. The third kappa shape index (κ3) is 1.23. The minimum absolute atomic E-state index is 0.0748. The Morgan fingerprint density at radius 1 is 1.50 bits per heavy atom. The van der Waals surface area contributed by atoms with Crippen LogP contribution < -0.4 is 0 Å². The van der Waals surface area contributed by atoms with Crippen LogP contribution in [0.4, 0.5) is 13.2 Å². The van der Waals surface area contributed by atoms with Gasteiger partial charge >= 0.3 is 6.30 Å². The molecule has 6 heteroatoms. The Balaban J connectivity index is 3.05. The second kappa shape index (κ2) is 2.16. The zero-order valence-corrected chi connectivity index (χ0v) is 5.32. The highest BCUT2D eigenvalue weighted by atomic mass is 35.5. The Kier molecular flexibility index (Phi) is 1.60. The van der Waals surface area contributed by atoms with Crippen molar-refractivity contribution in [3.63, 3.8) is 0 Å². The van der Waals surface area contributed by atoms with Crippen LogP contribution in [0.25, 0.3) is 0 Å². The summed E-state index contributed by atoms with van der Waals surface area (Å²) in [5.74, 6) is 0. The normalized spacial score (nSPS) is 12.0. The van der Waals surface area contributed by atoms with Gasteiger partial charge in [0.2, 0.25) is 5.28 Å². The average Bonchev–Trinajstić information content (AvgIpc) is 2.11. The van der Waals surface area contributed by atoms with E-state index in [1.807, 2.05) is 0 Å². The summed E-state index contributed by atoms with van der Waals surface area (Å²) in [4.78, 5) is 3.19. The summed E-state index contributed by atoms with van der Waals surface area (Å²) in [6.07, 6.45) is -2.73. The molecular weight excluding hydrogens is 169 g/mol. The average molecular weight is 171 g/mol. The molecular formula is C4H2ClF3N2. The van der Waals surface area contributed by atoms with Crippen molar-refractivity contribution < 1.29 is 13.2 Å². The Morgan fingerprint density at radius 3 is 2.30 bits per heavy atom. The molecule has 0 saturated heterocycles. The van der Waals surface area contributed by atoms with Crippen LogP contribution >= 0.6 is 11.6 Å². The first-order chi connectivity index (χ1) is 4.52. The third-order valence-corrected chi connectivity index (χ3v) is 1.15. The number of imidazole rings is 1. The number of alkyl halides is 3. The van der Waals surface area contributed by atoms with Gasteiger partial charge in [-0.15, -0.1) is 13.2 Å². The van der Waals surface area contributed by atoms with Crippen LogP contribution in [-0.2, 0) is 6.30 Å². The van der Waals surface area contributed by atoms with Crippen molar-refractivity contribution in [2.24, 2.45) is 0 Å². The van der Waals surface area contributed by atoms with Crippen molar-refractivity contribution in [2.45, 2.75) is 6.30 Å². The highest BCUT2D eigenvalue weighted by Gasteiger charge is 2.32. The molecule has 0 bridgehead atoms. The molecule has 10 heavy (non-hydrogen) atoms. The molecule has 0 fully saturated rings. The van der Waals surface area contributed by atoms with E-state index in [2.05, 4.69) is 4.98 Å². The first kappa shape index (κ1) is 7.40. The number of rotatable bonds is 0. The highest BCUT2D eigenvalue weighted by molar-refractivity contribution is 6.28. The predicted molar refractivity (Wildman–Crippen MR) is 28.5 cm³/mol. The van der Waals surface area contributed by atoms with Crippen molar-refractivity contribution in [2.75, 3.05) is 0 Å². The number of halogens is 4. The molecule has 0 spiro atoms. The summed E-state index contributed by atoms with van der Waals surface area (Å²) >= 11 is 5.06. The zero-order chi connectivity index (χ0) is 7.78. The van der Waals surface area contributed by atoms with Gasteiger partial charge in [-0.3, -0.25) is 0 Å². The van der Waals surface area contributed by atoms with Crippen LogP contribution in [0, 0.1) is 0 Å². The van der Waals surface area contributed by atoms with Gasteiger partial charge in [0.25, 0.3) is 0 Å². The van der Waals surface area contributed by atoms with E-state index in [0.29, 0.717) is 0 Å². The van der Waals surface area contributed by atoms with E-state index in [0.717, 1.165) is 12.4 Å². The number of hydrogen-bond acceptors (Lipinski definition) is 1. The molecule has 0 aromatic carbocycles. The van der Waals surface area contributed by atoms with Crippen molar-refractivity contribution in [3.8, 4) is 0 Å². The van der Waals surface area contributed by atoms with Gasteiger partial charge < -0.3 is 0 Å². The second-order valence-electron chi connectivity index (χ2n) is 1.53. The molecule has 1 heterocycles. The minimum atomic E-state index is -4.46. The Labute approximate surface area is 59.2 Å². The van der Waals surface area contributed by atoms with E-state index < -0.39 is 11.6 Å². The van der Waals surface area contributed by atoms with Gasteiger partial charge in [0.1, 0.15) is 0 Å². The highest BCUT2D eigenvalue weighted by Crippen LogP contribution is 2.25. The lowest BCUT2D eigenvalue weighted by Gasteiger charge is -2.06. The smallest absolute Gasteiger partial charge is 0.232 e. The molecule has 0 aliphatic carbocycles. The lowest BCUT2D eigenvalue weighted by Crippen LogP contribution is -2.15. The van der Waals surface area contributed by atoms with E-state index in [9.17, 15) is 13.2 Å². The number of nitrogens with zero attached hydrogens (tertiary/aromatic N) is 2. The minimum Gasteiger partial charge on any atom is -0.232 e. The number of aromatic nitrogens is 2. The number of hydrogen-bond donors (Lipinski definition) is 0. The summed E-state index contributed by atoms with van der Waals surface area (Å²) in [6.45, 7) is 0. The fraction of sp³-hybridized carbons (Fsp3) is 0.250. The van der Waals surface area contributed by atoms with Crippen molar-refractivity contribution in [1.82, 2.24) is 9.55 Å². The molecule has 1 aromatic heterocycles. The predicted octanol–water partition coefficient (Wildman–Crippen LogP) is 2.01. The quantitative estimate of drug-likeness (QED) is 0.583.